The van der Waals surface area contributed by atoms with Gasteiger partial charge in [-0.15, -0.1) is 0 Å². The van der Waals surface area contributed by atoms with Crippen molar-refractivity contribution in [3.05, 3.63) is 47.2 Å². The molecule has 0 aliphatic heterocycles. The summed E-state index contributed by atoms with van der Waals surface area (Å²) in [6, 6.07) is 5.90. The van der Waals surface area contributed by atoms with Crippen LogP contribution in [0.4, 0.5) is 5.69 Å². The van der Waals surface area contributed by atoms with Crippen molar-refractivity contribution in [3.8, 4) is 5.75 Å². The lowest BCUT2D eigenvalue weighted by atomic mass is 10.3. The van der Waals surface area contributed by atoms with Gasteiger partial charge in [0.05, 0.1) is 157 Å². The van der Waals surface area contributed by atoms with Crippen LogP contribution in [0.15, 0.2) is 37.1 Å². The minimum atomic E-state index is -0.453. The van der Waals surface area contributed by atoms with E-state index in [2.05, 4.69) is 6.58 Å². The van der Waals surface area contributed by atoms with Crippen molar-refractivity contribution in [2.75, 3.05) is 159 Å². The third-order valence-electron chi connectivity index (χ3n) is 5.73. The molecule has 0 saturated heterocycles. The summed E-state index contributed by atoms with van der Waals surface area (Å²) in [6.45, 7) is 14.9. The lowest BCUT2D eigenvalue weighted by Gasteiger charge is -2.09. The van der Waals surface area contributed by atoms with E-state index in [1.807, 2.05) is 0 Å². The van der Waals surface area contributed by atoms with Crippen LogP contribution in [0.25, 0.3) is 0 Å². The molecule has 48 heavy (non-hydrogen) atoms. The average molecular weight is 694 g/mol. The van der Waals surface area contributed by atoms with Gasteiger partial charge in [0.1, 0.15) is 19.0 Å². The van der Waals surface area contributed by atoms with Crippen LogP contribution in [0.1, 0.15) is 0 Å². The second-order valence-corrected chi connectivity index (χ2v) is 9.37. The maximum Gasteiger partial charge on any atom is 0.269 e. The molecule has 0 saturated carbocycles. The van der Waals surface area contributed by atoms with E-state index in [1.165, 1.54) is 18.4 Å². The van der Waals surface area contributed by atoms with Gasteiger partial charge < -0.3 is 61.6 Å². The Labute approximate surface area is 283 Å². The van der Waals surface area contributed by atoms with E-state index in [4.69, 9.17) is 61.6 Å². The van der Waals surface area contributed by atoms with Crippen LogP contribution in [0, 0.1) is 10.1 Å². The number of nitro groups is 1. The van der Waals surface area contributed by atoms with E-state index in [1.54, 1.807) is 12.1 Å². The normalized spacial score (nSPS) is 11.2. The summed E-state index contributed by atoms with van der Waals surface area (Å²) in [5.74, 6) is 0.554. The summed E-state index contributed by atoms with van der Waals surface area (Å²) in [7, 11) is 0. The van der Waals surface area contributed by atoms with Gasteiger partial charge in [-0.3, -0.25) is 10.1 Å². The van der Waals surface area contributed by atoms with Crippen LogP contribution in [-0.4, -0.2) is 163 Å². The van der Waals surface area contributed by atoms with Crippen molar-refractivity contribution in [1.82, 2.24) is 0 Å². The van der Waals surface area contributed by atoms with Gasteiger partial charge in [-0.1, -0.05) is 6.58 Å². The molecule has 278 valence electrons. The summed E-state index contributed by atoms with van der Waals surface area (Å²) in [6.07, 6.45) is 1.39. The molecule has 0 N–H and O–H groups in total. The maximum atomic E-state index is 10.6. The summed E-state index contributed by atoms with van der Waals surface area (Å²) < 4.78 is 70.2. The Morgan fingerprint density at radius 1 is 0.438 bits per heavy atom. The molecule has 0 spiro atoms. The van der Waals surface area contributed by atoms with Crippen molar-refractivity contribution < 1.29 is 66.5 Å². The molecular weight excluding hydrogens is 638 g/mol. The number of hydrogen-bond acceptors (Lipinski definition) is 15. The fourth-order valence-electron chi connectivity index (χ4n) is 3.37. The number of hydrogen-bond donors (Lipinski definition) is 0. The maximum absolute atomic E-state index is 10.6. The first-order chi connectivity index (χ1) is 23.7. The molecule has 0 aliphatic rings. The van der Waals surface area contributed by atoms with Gasteiger partial charge in [-0.05, 0) is 12.1 Å². The number of non-ortho nitro benzene ring substituents is 1. The Balaban J connectivity index is 1.64. The minimum absolute atomic E-state index is 0.0242. The minimum Gasteiger partial charge on any atom is -0.499 e. The zero-order valence-electron chi connectivity index (χ0n) is 28.1. The number of rotatable bonds is 39. The summed E-state index contributed by atoms with van der Waals surface area (Å²) in [5.41, 5.74) is 0.0242. The Morgan fingerprint density at radius 3 is 0.938 bits per heavy atom. The summed E-state index contributed by atoms with van der Waals surface area (Å²) >= 11 is 0. The highest BCUT2D eigenvalue weighted by Crippen LogP contribution is 2.17. The first kappa shape index (κ1) is 43.5. The van der Waals surface area contributed by atoms with Gasteiger partial charge in [0.2, 0.25) is 0 Å². The van der Waals surface area contributed by atoms with E-state index in [-0.39, 0.29) is 5.69 Å². The second-order valence-electron chi connectivity index (χ2n) is 9.37. The molecule has 0 radical (unpaired) electrons. The molecule has 0 amide bonds. The Morgan fingerprint density at radius 2 is 0.688 bits per heavy atom. The van der Waals surface area contributed by atoms with Gasteiger partial charge in [0, 0.05) is 12.1 Å². The zero-order valence-corrected chi connectivity index (χ0v) is 28.1. The highest BCUT2D eigenvalue weighted by Gasteiger charge is 2.04. The fourth-order valence-corrected chi connectivity index (χ4v) is 3.37. The van der Waals surface area contributed by atoms with Gasteiger partial charge in [-0.2, -0.15) is 0 Å². The smallest absolute Gasteiger partial charge is 0.269 e. The predicted octanol–water partition coefficient (Wildman–Crippen LogP) is 2.32. The van der Waals surface area contributed by atoms with E-state index in [9.17, 15) is 10.1 Å². The standard InChI is InChI=1S/C32H55NO15/c1-2-36-7-8-37-9-10-38-11-12-39-13-14-40-15-16-41-17-18-42-19-20-43-21-22-44-23-24-45-25-26-46-27-28-47-29-30-48-32-5-3-31(4-6-32)33(34)35/h2-6H,1,7-30H2. The monoisotopic (exact) mass is 693 g/mol. The third-order valence-corrected chi connectivity index (χ3v) is 5.73. The largest absolute Gasteiger partial charge is 0.499 e. The highest BCUT2D eigenvalue weighted by atomic mass is 16.6. The first-order valence-corrected chi connectivity index (χ1v) is 16.2. The second kappa shape index (κ2) is 35.8. The molecule has 0 heterocycles. The van der Waals surface area contributed by atoms with Crippen molar-refractivity contribution >= 4 is 5.69 Å². The molecule has 0 unspecified atom stereocenters. The molecule has 1 aromatic rings. The quantitative estimate of drug-likeness (QED) is 0.0427. The third kappa shape index (κ3) is 30.8. The molecule has 0 fully saturated rings. The number of nitrogens with zero attached hydrogens (tertiary/aromatic N) is 1. The van der Waals surface area contributed by atoms with Crippen LogP contribution in [0.5, 0.6) is 5.75 Å². The van der Waals surface area contributed by atoms with Gasteiger partial charge in [0.25, 0.3) is 5.69 Å². The highest BCUT2D eigenvalue weighted by molar-refractivity contribution is 5.35. The molecular formula is C32H55NO15. The predicted molar refractivity (Wildman–Crippen MR) is 174 cm³/mol. The molecule has 0 bridgehead atoms. The van der Waals surface area contributed by atoms with Crippen molar-refractivity contribution in [3.63, 3.8) is 0 Å². The molecule has 0 atom stereocenters. The Kier molecular flexibility index (Phi) is 32.5. The van der Waals surface area contributed by atoms with Crippen molar-refractivity contribution in [2.24, 2.45) is 0 Å². The lowest BCUT2D eigenvalue weighted by molar-refractivity contribution is -0.384. The number of ether oxygens (including phenoxy) is 13. The van der Waals surface area contributed by atoms with E-state index < -0.39 is 4.92 Å². The van der Waals surface area contributed by atoms with Gasteiger partial charge in [-0.25, -0.2) is 0 Å². The molecule has 0 aromatic heterocycles. The molecule has 1 rings (SSSR count). The van der Waals surface area contributed by atoms with Gasteiger partial charge >= 0.3 is 0 Å². The van der Waals surface area contributed by atoms with Crippen LogP contribution in [-0.2, 0) is 56.8 Å². The lowest BCUT2D eigenvalue weighted by Crippen LogP contribution is -2.15. The Bertz CT molecular complexity index is 834. The van der Waals surface area contributed by atoms with Crippen LogP contribution in [0.3, 0.4) is 0 Å². The summed E-state index contributed by atoms with van der Waals surface area (Å²) in [4.78, 5) is 10.2. The molecule has 16 heteroatoms. The van der Waals surface area contributed by atoms with Crippen molar-refractivity contribution in [1.29, 1.82) is 0 Å². The van der Waals surface area contributed by atoms with E-state index >= 15 is 0 Å². The van der Waals surface area contributed by atoms with Crippen molar-refractivity contribution in [2.45, 2.75) is 0 Å². The first-order valence-electron chi connectivity index (χ1n) is 16.2. The number of benzene rings is 1. The van der Waals surface area contributed by atoms with E-state index in [0.717, 1.165) is 0 Å². The molecule has 0 aliphatic carbocycles. The van der Waals surface area contributed by atoms with Crippen LogP contribution in [0.2, 0.25) is 0 Å². The zero-order chi connectivity index (χ0) is 34.4. The summed E-state index contributed by atoms with van der Waals surface area (Å²) in [5, 5.41) is 10.6. The Hall–Kier alpha value is -2.48. The molecule has 1 aromatic carbocycles. The van der Waals surface area contributed by atoms with E-state index in [0.29, 0.717) is 164 Å². The molecule has 16 nitrogen and oxygen atoms in total. The topological polar surface area (TPSA) is 163 Å². The SMILES string of the molecule is C=COCCOCCOCCOCCOCCOCCOCCOCCOCCOCCOCCOCCOc1ccc([N+](=O)[O-])cc1. The average Bonchev–Trinajstić information content (AvgIpc) is 3.09. The van der Waals surface area contributed by atoms with Gasteiger partial charge in [0.15, 0.2) is 0 Å². The number of nitro benzene ring substituents is 1. The van der Waals surface area contributed by atoms with Crippen LogP contribution < -0.4 is 4.74 Å². The van der Waals surface area contributed by atoms with Crippen LogP contribution >= 0.6 is 0 Å². The fraction of sp³-hybridized carbons (Fsp3) is 0.750.